The van der Waals surface area contributed by atoms with Crippen LogP contribution in [0.2, 0.25) is 0 Å². The molecular formula is C15H23N3O6S2. The molecule has 2 atom stereocenters. The molecule has 0 aromatic heterocycles. The molecule has 0 fully saturated rings. The molecule has 2 unspecified atom stereocenters. The number of carboxylic acids is 1. The summed E-state index contributed by atoms with van der Waals surface area (Å²) in [6, 6.07) is 5.05. The number of rotatable bonds is 8. The van der Waals surface area contributed by atoms with Crippen molar-refractivity contribution in [3.8, 4) is 0 Å². The number of anilines is 1. The first-order valence-corrected chi connectivity index (χ1v) is 9.72. The standard InChI is InChI=1S/C8H16N2O4S2.C7H7NO2/c1-13-7(11)5(9)3-15-16-4-6(10)8(12)14-2;8-6-4-2-1-3-5(6)7(9)10/h5-6H,3-4,9-10H2,1-2H3;1-4H,8H2,(H,9,10). The topological polar surface area (TPSA) is 168 Å². The first-order valence-electron chi connectivity index (χ1n) is 7.23. The summed E-state index contributed by atoms with van der Waals surface area (Å²) < 4.78 is 8.92. The molecule has 0 radical (unpaired) electrons. The lowest BCUT2D eigenvalue weighted by molar-refractivity contribution is -0.142. The largest absolute Gasteiger partial charge is 0.478 e. The zero-order valence-electron chi connectivity index (χ0n) is 14.4. The van der Waals surface area contributed by atoms with Crippen LogP contribution in [0.25, 0.3) is 0 Å². The Morgan fingerprint density at radius 3 is 1.73 bits per heavy atom. The van der Waals surface area contributed by atoms with Gasteiger partial charge in [0, 0.05) is 17.2 Å². The first kappa shape index (κ1) is 24.1. The van der Waals surface area contributed by atoms with Crippen LogP contribution in [0, 0.1) is 0 Å². The van der Waals surface area contributed by atoms with Crippen molar-refractivity contribution in [1.29, 1.82) is 0 Å². The number of hydrogen-bond donors (Lipinski definition) is 4. The summed E-state index contributed by atoms with van der Waals surface area (Å²) in [4.78, 5) is 32.2. The quantitative estimate of drug-likeness (QED) is 0.203. The summed E-state index contributed by atoms with van der Waals surface area (Å²) in [5.74, 6) is -1.08. The van der Waals surface area contributed by atoms with Crippen molar-refractivity contribution < 1.29 is 29.0 Å². The van der Waals surface area contributed by atoms with E-state index in [2.05, 4.69) is 9.47 Å². The van der Waals surface area contributed by atoms with Crippen molar-refractivity contribution in [2.45, 2.75) is 12.1 Å². The minimum Gasteiger partial charge on any atom is -0.478 e. The fourth-order valence-electron chi connectivity index (χ4n) is 1.37. The second kappa shape index (κ2) is 13.3. The molecule has 0 saturated heterocycles. The molecule has 0 bridgehead atoms. The fraction of sp³-hybridized carbons (Fsp3) is 0.400. The Bertz CT molecular complexity index is 578. The minimum atomic E-state index is -0.988. The summed E-state index contributed by atoms with van der Waals surface area (Å²) >= 11 is 0. The van der Waals surface area contributed by atoms with E-state index in [0.29, 0.717) is 17.2 Å². The maximum absolute atomic E-state index is 10.9. The molecule has 1 aromatic carbocycles. The third kappa shape index (κ3) is 9.51. The van der Waals surface area contributed by atoms with E-state index in [9.17, 15) is 14.4 Å². The van der Waals surface area contributed by atoms with Crippen LogP contribution in [0.5, 0.6) is 0 Å². The van der Waals surface area contributed by atoms with E-state index in [-0.39, 0.29) is 5.56 Å². The first-order chi connectivity index (χ1) is 12.2. The number of aromatic carboxylic acids is 1. The Morgan fingerprint density at radius 2 is 1.42 bits per heavy atom. The van der Waals surface area contributed by atoms with Gasteiger partial charge in [0.15, 0.2) is 0 Å². The molecule has 0 heterocycles. The fourth-order valence-corrected chi connectivity index (χ4v) is 3.59. The van der Waals surface area contributed by atoms with Crippen molar-refractivity contribution in [2.75, 3.05) is 31.5 Å². The number of carbonyl (C=O) groups is 3. The molecule has 26 heavy (non-hydrogen) atoms. The van der Waals surface area contributed by atoms with Gasteiger partial charge in [0.25, 0.3) is 0 Å². The molecule has 11 heteroatoms. The van der Waals surface area contributed by atoms with Gasteiger partial charge in [-0.15, -0.1) is 0 Å². The highest BCUT2D eigenvalue weighted by Crippen LogP contribution is 2.22. The van der Waals surface area contributed by atoms with E-state index >= 15 is 0 Å². The summed E-state index contributed by atoms with van der Waals surface area (Å²) in [5, 5.41) is 8.49. The van der Waals surface area contributed by atoms with Gasteiger partial charge >= 0.3 is 17.9 Å². The van der Waals surface area contributed by atoms with Gasteiger partial charge in [-0.1, -0.05) is 33.7 Å². The van der Waals surface area contributed by atoms with E-state index in [1.165, 1.54) is 41.9 Å². The Morgan fingerprint density at radius 1 is 1.00 bits per heavy atom. The van der Waals surface area contributed by atoms with E-state index in [1.807, 2.05) is 0 Å². The number of para-hydroxylation sites is 1. The number of nitrogens with two attached hydrogens (primary N) is 3. The number of benzene rings is 1. The Labute approximate surface area is 159 Å². The van der Waals surface area contributed by atoms with Crippen LogP contribution in [0.4, 0.5) is 5.69 Å². The number of carbonyl (C=O) groups excluding carboxylic acids is 2. The Balaban J connectivity index is 0.000000531. The molecule has 0 aliphatic carbocycles. The average Bonchev–Trinajstić information content (AvgIpc) is 2.63. The lowest BCUT2D eigenvalue weighted by Crippen LogP contribution is -2.34. The van der Waals surface area contributed by atoms with E-state index in [4.69, 9.17) is 22.3 Å². The maximum Gasteiger partial charge on any atom is 0.337 e. The van der Waals surface area contributed by atoms with Crippen LogP contribution in [-0.2, 0) is 19.1 Å². The highest BCUT2D eigenvalue weighted by Gasteiger charge is 2.16. The van der Waals surface area contributed by atoms with Crippen LogP contribution in [-0.4, -0.2) is 60.8 Å². The van der Waals surface area contributed by atoms with Crippen LogP contribution in [0.1, 0.15) is 10.4 Å². The predicted molar refractivity (Wildman–Crippen MR) is 103 cm³/mol. The molecule has 0 saturated carbocycles. The zero-order chi connectivity index (χ0) is 20.1. The Kier molecular flexibility index (Phi) is 12.3. The van der Waals surface area contributed by atoms with Crippen LogP contribution in [0.15, 0.2) is 24.3 Å². The van der Waals surface area contributed by atoms with Crippen LogP contribution in [0.3, 0.4) is 0 Å². The molecule has 9 nitrogen and oxygen atoms in total. The van der Waals surface area contributed by atoms with Gasteiger partial charge in [-0.3, -0.25) is 9.59 Å². The predicted octanol–water partition coefficient (Wildman–Crippen LogP) is 0.335. The lowest BCUT2D eigenvalue weighted by Gasteiger charge is -2.10. The Hall–Kier alpha value is -1.95. The molecule has 7 N–H and O–H groups in total. The number of methoxy groups -OCH3 is 2. The smallest absolute Gasteiger partial charge is 0.337 e. The molecule has 0 amide bonds. The van der Waals surface area contributed by atoms with Gasteiger partial charge < -0.3 is 31.8 Å². The average molecular weight is 405 g/mol. The second-order valence-electron chi connectivity index (χ2n) is 4.72. The third-order valence-electron chi connectivity index (χ3n) is 2.78. The molecular weight excluding hydrogens is 382 g/mol. The summed E-state index contributed by atoms with van der Waals surface area (Å²) in [6.45, 7) is 0. The van der Waals surface area contributed by atoms with Gasteiger partial charge in [-0.25, -0.2) is 4.79 Å². The molecule has 0 aliphatic rings. The van der Waals surface area contributed by atoms with Crippen LogP contribution >= 0.6 is 21.6 Å². The summed E-state index contributed by atoms with van der Waals surface area (Å²) in [6.07, 6.45) is 0. The van der Waals surface area contributed by atoms with Gasteiger partial charge in [0.1, 0.15) is 12.1 Å². The zero-order valence-corrected chi connectivity index (χ0v) is 16.0. The number of esters is 2. The third-order valence-corrected chi connectivity index (χ3v) is 5.25. The number of nitrogen functional groups attached to an aromatic ring is 1. The number of ether oxygens (including phenoxy) is 2. The highest BCUT2D eigenvalue weighted by atomic mass is 33.1. The van der Waals surface area contributed by atoms with Gasteiger partial charge in [-0.2, -0.15) is 0 Å². The molecule has 0 spiro atoms. The van der Waals surface area contributed by atoms with Crippen molar-refractivity contribution >= 4 is 45.2 Å². The summed E-state index contributed by atoms with van der Waals surface area (Å²) in [5.41, 5.74) is 16.8. The minimum absolute atomic E-state index is 0.155. The lowest BCUT2D eigenvalue weighted by atomic mass is 10.2. The SMILES string of the molecule is COC(=O)C(N)CSSCC(N)C(=O)OC.Nc1ccccc1C(=O)O. The number of hydrogen-bond acceptors (Lipinski definition) is 10. The van der Waals surface area contributed by atoms with Crippen LogP contribution < -0.4 is 17.2 Å². The van der Waals surface area contributed by atoms with Crippen molar-refractivity contribution in [3.05, 3.63) is 29.8 Å². The maximum atomic E-state index is 10.9. The van der Waals surface area contributed by atoms with E-state index < -0.39 is 30.0 Å². The van der Waals surface area contributed by atoms with Crippen molar-refractivity contribution in [3.63, 3.8) is 0 Å². The van der Waals surface area contributed by atoms with Crippen molar-refractivity contribution in [1.82, 2.24) is 0 Å². The van der Waals surface area contributed by atoms with Gasteiger partial charge in [-0.05, 0) is 12.1 Å². The molecule has 1 aromatic rings. The van der Waals surface area contributed by atoms with E-state index in [1.54, 1.807) is 18.2 Å². The molecule has 1 rings (SSSR count). The van der Waals surface area contributed by atoms with E-state index in [0.717, 1.165) is 0 Å². The molecule has 0 aliphatic heterocycles. The molecule has 146 valence electrons. The van der Waals surface area contributed by atoms with Crippen molar-refractivity contribution in [2.24, 2.45) is 11.5 Å². The number of carboxylic acid groups (broad SMARTS) is 1. The monoisotopic (exact) mass is 405 g/mol. The summed E-state index contributed by atoms with van der Waals surface area (Å²) in [7, 11) is 5.30. The highest BCUT2D eigenvalue weighted by molar-refractivity contribution is 8.76. The van der Waals surface area contributed by atoms with Gasteiger partial charge in [0.05, 0.1) is 19.8 Å². The van der Waals surface area contributed by atoms with Gasteiger partial charge in [0.2, 0.25) is 0 Å². The second-order valence-corrected chi connectivity index (χ2v) is 7.27. The normalized spacial score (nSPS) is 12.2.